The van der Waals surface area contributed by atoms with Crippen molar-refractivity contribution in [2.45, 2.75) is 53.1 Å². The maximum absolute atomic E-state index is 12.3. The summed E-state index contributed by atoms with van der Waals surface area (Å²) in [6.45, 7) is 11.8. The number of carbonyl (C=O) groups is 1. The van der Waals surface area contributed by atoms with Gasteiger partial charge in [-0.2, -0.15) is 5.10 Å². The number of nitrogens with zero attached hydrogens (tertiary/aromatic N) is 5. The van der Waals surface area contributed by atoms with E-state index in [1.807, 2.05) is 40.7 Å². The van der Waals surface area contributed by atoms with E-state index in [1.54, 1.807) is 22.0 Å². The zero-order chi connectivity index (χ0) is 20.3. The standard InChI is InChI=1S/C20H30N6O2/c1-14-9-15(2)26(24-14)18-12-21-11-17(23-18)22-10-16-7-6-8-25(13-16)19(27)28-20(3,4)5/h9,11-12,16H,6-8,10,13H2,1-5H3,(H,22,23). The van der Waals surface area contributed by atoms with Crippen LogP contribution in [-0.4, -0.2) is 56.0 Å². The molecule has 0 bridgehead atoms. The second-order valence-corrected chi connectivity index (χ2v) is 8.42. The fourth-order valence-electron chi connectivity index (χ4n) is 3.38. The van der Waals surface area contributed by atoms with Crippen LogP contribution >= 0.6 is 0 Å². The number of anilines is 1. The summed E-state index contributed by atoms with van der Waals surface area (Å²) in [6.07, 6.45) is 5.22. The summed E-state index contributed by atoms with van der Waals surface area (Å²) in [7, 11) is 0. The molecule has 2 aromatic rings. The predicted molar refractivity (Wildman–Crippen MR) is 108 cm³/mol. The van der Waals surface area contributed by atoms with Gasteiger partial charge in [0.15, 0.2) is 5.82 Å². The Morgan fingerprint density at radius 2 is 2.11 bits per heavy atom. The molecule has 1 saturated heterocycles. The van der Waals surface area contributed by atoms with Gasteiger partial charge in [0.1, 0.15) is 11.4 Å². The summed E-state index contributed by atoms with van der Waals surface area (Å²) in [5, 5.41) is 7.82. The van der Waals surface area contributed by atoms with E-state index in [9.17, 15) is 4.79 Å². The number of aryl methyl sites for hydroxylation is 2. The summed E-state index contributed by atoms with van der Waals surface area (Å²) in [5.74, 6) is 1.74. The first-order valence-electron chi connectivity index (χ1n) is 9.79. The minimum atomic E-state index is -0.471. The molecule has 8 heteroatoms. The normalized spacial score (nSPS) is 17.5. The molecule has 3 heterocycles. The molecule has 0 radical (unpaired) electrons. The van der Waals surface area contributed by atoms with Crippen molar-refractivity contribution in [3.8, 4) is 5.82 Å². The van der Waals surface area contributed by atoms with E-state index in [2.05, 4.69) is 20.4 Å². The fourth-order valence-corrected chi connectivity index (χ4v) is 3.38. The van der Waals surface area contributed by atoms with E-state index in [1.165, 1.54) is 0 Å². The molecular weight excluding hydrogens is 356 g/mol. The summed E-state index contributed by atoms with van der Waals surface area (Å²) >= 11 is 0. The Morgan fingerprint density at radius 3 is 2.79 bits per heavy atom. The Labute approximate surface area is 166 Å². The lowest BCUT2D eigenvalue weighted by atomic mass is 9.98. The molecule has 0 spiro atoms. The molecule has 0 saturated carbocycles. The first-order chi connectivity index (χ1) is 13.2. The number of hydrogen-bond acceptors (Lipinski definition) is 6. The van der Waals surface area contributed by atoms with Crippen LogP contribution in [0.2, 0.25) is 0 Å². The number of carbonyl (C=O) groups excluding carboxylic acids is 1. The Hall–Kier alpha value is -2.64. The van der Waals surface area contributed by atoms with Gasteiger partial charge < -0.3 is 15.0 Å². The van der Waals surface area contributed by atoms with Crippen molar-refractivity contribution in [2.75, 3.05) is 25.0 Å². The number of aromatic nitrogens is 4. The molecule has 0 aromatic carbocycles. The van der Waals surface area contributed by atoms with Crippen molar-refractivity contribution in [3.05, 3.63) is 29.8 Å². The highest BCUT2D eigenvalue weighted by molar-refractivity contribution is 5.68. The van der Waals surface area contributed by atoms with Crippen LogP contribution in [0.5, 0.6) is 0 Å². The molecule has 1 aliphatic heterocycles. The van der Waals surface area contributed by atoms with Gasteiger partial charge in [0.2, 0.25) is 0 Å². The molecule has 2 aromatic heterocycles. The quantitative estimate of drug-likeness (QED) is 0.867. The SMILES string of the molecule is Cc1cc(C)n(-c2cncc(NCC3CCCN(C(=O)OC(C)(C)C)C3)n2)n1. The van der Waals surface area contributed by atoms with Crippen LogP contribution in [0.1, 0.15) is 45.0 Å². The van der Waals surface area contributed by atoms with Gasteiger partial charge in [-0.25, -0.2) is 14.5 Å². The van der Waals surface area contributed by atoms with Gasteiger partial charge in [-0.05, 0) is 59.4 Å². The molecule has 8 nitrogen and oxygen atoms in total. The van der Waals surface area contributed by atoms with Crippen LogP contribution in [0.4, 0.5) is 10.6 Å². The second kappa shape index (κ2) is 8.16. The maximum atomic E-state index is 12.3. The average Bonchev–Trinajstić information content (AvgIpc) is 2.97. The van der Waals surface area contributed by atoms with Gasteiger partial charge in [0.05, 0.1) is 18.1 Å². The lowest BCUT2D eigenvalue weighted by Crippen LogP contribution is -2.44. The van der Waals surface area contributed by atoms with Crippen LogP contribution < -0.4 is 5.32 Å². The Morgan fingerprint density at radius 1 is 1.32 bits per heavy atom. The number of piperidine rings is 1. The number of rotatable bonds is 4. The van der Waals surface area contributed by atoms with Gasteiger partial charge in [0.25, 0.3) is 0 Å². The van der Waals surface area contributed by atoms with Gasteiger partial charge in [-0.3, -0.25) is 4.98 Å². The smallest absolute Gasteiger partial charge is 0.410 e. The van der Waals surface area contributed by atoms with Crippen molar-refractivity contribution in [1.82, 2.24) is 24.6 Å². The number of hydrogen-bond donors (Lipinski definition) is 1. The minimum absolute atomic E-state index is 0.233. The summed E-state index contributed by atoms with van der Waals surface area (Å²) in [6, 6.07) is 2.01. The van der Waals surface area contributed by atoms with E-state index < -0.39 is 5.60 Å². The molecule has 152 valence electrons. The van der Waals surface area contributed by atoms with E-state index in [0.717, 1.165) is 37.3 Å². The van der Waals surface area contributed by atoms with E-state index in [-0.39, 0.29) is 6.09 Å². The van der Waals surface area contributed by atoms with Gasteiger partial charge in [-0.15, -0.1) is 0 Å². The van der Waals surface area contributed by atoms with Crippen LogP contribution in [0.25, 0.3) is 5.82 Å². The molecular formula is C20H30N6O2. The van der Waals surface area contributed by atoms with Crippen molar-refractivity contribution < 1.29 is 9.53 Å². The second-order valence-electron chi connectivity index (χ2n) is 8.42. The molecule has 3 rings (SSSR count). The summed E-state index contributed by atoms with van der Waals surface area (Å²) in [5.41, 5.74) is 1.49. The molecule has 1 atom stereocenters. The minimum Gasteiger partial charge on any atom is -0.444 e. The fraction of sp³-hybridized carbons (Fsp3) is 0.600. The van der Waals surface area contributed by atoms with Crippen LogP contribution in [0.3, 0.4) is 0 Å². The first-order valence-corrected chi connectivity index (χ1v) is 9.79. The van der Waals surface area contributed by atoms with Crippen LogP contribution in [-0.2, 0) is 4.74 Å². The first kappa shape index (κ1) is 20.1. The van der Waals surface area contributed by atoms with E-state index in [0.29, 0.717) is 24.1 Å². The topological polar surface area (TPSA) is 85.2 Å². The molecule has 1 amide bonds. The Bertz CT molecular complexity index is 826. The highest BCUT2D eigenvalue weighted by Crippen LogP contribution is 2.20. The Kier molecular flexibility index (Phi) is 5.86. The number of likely N-dealkylation sites (tertiary alicyclic amines) is 1. The Balaban J connectivity index is 1.59. The maximum Gasteiger partial charge on any atom is 0.410 e. The van der Waals surface area contributed by atoms with Gasteiger partial charge in [0, 0.05) is 25.3 Å². The van der Waals surface area contributed by atoms with E-state index >= 15 is 0 Å². The van der Waals surface area contributed by atoms with Crippen molar-refractivity contribution in [2.24, 2.45) is 5.92 Å². The van der Waals surface area contributed by atoms with Crippen LogP contribution in [0, 0.1) is 19.8 Å². The van der Waals surface area contributed by atoms with E-state index in [4.69, 9.17) is 4.74 Å². The highest BCUT2D eigenvalue weighted by Gasteiger charge is 2.27. The van der Waals surface area contributed by atoms with Crippen molar-refractivity contribution in [1.29, 1.82) is 0 Å². The number of amides is 1. The largest absolute Gasteiger partial charge is 0.444 e. The molecule has 1 N–H and O–H groups in total. The van der Waals surface area contributed by atoms with Crippen LogP contribution in [0.15, 0.2) is 18.5 Å². The number of nitrogens with one attached hydrogen (secondary N) is 1. The zero-order valence-corrected chi connectivity index (χ0v) is 17.4. The third-order valence-electron chi connectivity index (χ3n) is 4.59. The predicted octanol–water partition coefficient (Wildman–Crippen LogP) is 3.34. The summed E-state index contributed by atoms with van der Waals surface area (Å²) in [4.78, 5) is 23.0. The third kappa shape index (κ3) is 5.21. The summed E-state index contributed by atoms with van der Waals surface area (Å²) < 4.78 is 7.29. The number of ether oxygens (including phenoxy) is 1. The molecule has 1 aliphatic rings. The van der Waals surface area contributed by atoms with Gasteiger partial charge >= 0.3 is 6.09 Å². The molecule has 1 unspecified atom stereocenters. The molecule has 28 heavy (non-hydrogen) atoms. The van der Waals surface area contributed by atoms with Crippen molar-refractivity contribution >= 4 is 11.9 Å². The molecule has 0 aliphatic carbocycles. The lowest BCUT2D eigenvalue weighted by molar-refractivity contribution is 0.0172. The molecule has 1 fully saturated rings. The monoisotopic (exact) mass is 386 g/mol. The zero-order valence-electron chi connectivity index (χ0n) is 17.4. The third-order valence-corrected chi connectivity index (χ3v) is 4.59. The van der Waals surface area contributed by atoms with Crippen molar-refractivity contribution in [3.63, 3.8) is 0 Å². The lowest BCUT2D eigenvalue weighted by Gasteiger charge is -2.34. The highest BCUT2D eigenvalue weighted by atomic mass is 16.6. The average molecular weight is 387 g/mol. The van der Waals surface area contributed by atoms with Gasteiger partial charge in [-0.1, -0.05) is 0 Å².